The number of benzene rings is 1. The van der Waals surface area contributed by atoms with Crippen LogP contribution in [0, 0.1) is 5.92 Å². The molecule has 3 aromatic heterocycles. The lowest BCUT2D eigenvalue weighted by molar-refractivity contribution is 0.102. The number of carbonyl (C=O) groups excluding carboxylic acids is 1. The summed E-state index contributed by atoms with van der Waals surface area (Å²) in [6.07, 6.45) is 8.57. The highest BCUT2D eigenvalue weighted by atomic mass is 16.1. The van der Waals surface area contributed by atoms with Crippen molar-refractivity contribution in [3.63, 3.8) is 0 Å². The molecule has 3 atom stereocenters. The molecule has 5 N–H and O–H groups in total. The van der Waals surface area contributed by atoms with Gasteiger partial charge < -0.3 is 15.6 Å². The lowest BCUT2D eigenvalue weighted by Gasteiger charge is -2.31. The quantitative estimate of drug-likeness (QED) is 0.312. The Morgan fingerprint density at radius 3 is 3.03 bits per heavy atom. The molecule has 0 bridgehead atoms. The average molecular weight is 458 g/mol. The number of amides is 1. The minimum Gasteiger partial charge on any atom is -0.367 e. The smallest absolute Gasteiger partial charge is 0.272 e. The summed E-state index contributed by atoms with van der Waals surface area (Å²) in [7, 11) is 1.81. The second kappa shape index (κ2) is 8.54. The predicted octanol–water partition coefficient (Wildman–Crippen LogP) is 2.67. The van der Waals surface area contributed by atoms with Crippen molar-refractivity contribution in [2.24, 2.45) is 13.0 Å². The number of aromatic nitrogens is 5. The van der Waals surface area contributed by atoms with Gasteiger partial charge in [-0.25, -0.2) is 9.97 Å². The van der Waals surface area contributed by atoms with Gasteiger partial charge >= 0.3 is 0 Å². The number of H-pyrrole nitrogens is 1. The van der Waals surface area contributed by atoms with Gasteiger partial charge in [-0.05, 0) is 43.4 Å². The molecule has 2 aliphatic rings. The van der Waals surface area contributed by atoms with Crippen LogP contribution in [0.3, 0.4) is 0 Å². The van der Waals surface area contributed by atoms with Gasteiger partial charge in [0.1, 0.15) is 11.5 Å². The number of hydrogen-bond acceptors (Lipinski definition) is 7. The molecule has 0 radical (unpaired) electrons. The number of nitrogens with one attached hydrogen (secondary N) is 5. The summed E-state index contributed by atoms with van der Waals surface area (Å²) in [6, 6.07) is 10.7. The summed E-state index contributed by atoms with van der Waals surface area (Å²) < 4.78 is 1.64. The summed E-state index contributed by atoms with van der Waals surface area (Å²) in [4.78, 5) is 25.1. The lowest BCUT2D eigenvalue weighted by Crippen LogP contribution is -2.39. The zero-order valence-corrected chi connectivity index (χ0v) is 18.9. The Morgan fingerprint density at radius 1 is 1.21 bits per heavy atom. The van der Waals surface area contributed by atoms with Crippen LogP contribution in [0.2, 0.25) is 0 Å². The molecule has 1 saturated heterocycles. The minimum atomic E-state index is -0.212. The van der Waals surface area contributed by atoms with E-state index in [0.717, 1.165) is 48.1 Å². The van der Waals surface area contributed by atoms with Crippen molar-refractivity contribution in [1.29, 1.82) is 0 Å². The first-order valence-electron chi connectivity index (χ1n) is 11.6. The van der Waals surface area contributed by atoms with Gasteiger partial charge in [-0.1, -0.05) is 12.1 Å². The van der Waals surface area contributed by atoms with Gasteiger partial charge in [0.05, 0.1) is 11.9 Å². The van der Waals surface area contributed by atoms with Crippen LogP contribution in [0.25, 0.3) is 22.3 Å². The van der Waals surface area contributed by atoms with E-state index in [1.54, 1.807) is 23.3 Å². The van der Waals surface area contributed by atoms with E-state index in [4.69, 9.17) is 4.98 Å². The lowest BCUT2D eigenvalue weighted by atomic mass is 9.83. The number of anilines is 2. The topological polar surface area (TPSA) is 125 Å². The Morgan fingerprint density at radius 2 is 2.15 bits per heavy atom. The fourth-order valence-electron chi connectivity index (χ4n) is 4.99. The van der Waals surface area contributed by atoms with Crippen LogP contribution >= 0.6 is 0 Å². The van der Waals surface area contributed by atoms with Crippen LogP contribution in [0.4, 0.5) is 11.5 Å². The standard InChI is InChI=1S/C24H27N9O/c1-33-13-18(12-27-33)29-24(34)21-9-14-2-3-15(10-20(14)30-21)23-25-7-6-22(31-23)28-17-4-5-19-16(8-17)11-26-32-19/h2-3,6-7,9-10,12-13,16-17,19,26,30,32H,4-5,8,11H2,1H3,(H,29,34)(H,25,28,31). The molecular weight excluding hydrogens is 430 g/mol. The number of rotatable bonds is 5. The highest BCUT2D eigenvalue weighted by molar-refractivity contribution is 6.06. The van der Waals surface area contributed by atoms with Gasteiger partial charge in [0.15, 0.2) is 5.82 Å². The Balaban J connectivity index is 1.19. The molecule has 4 heterocycles. The molecule has 0 spiro atoms. The number of fused-ring (bicyclic) bond motifs is 2. The molecule has 1 aliphatic carbocycles. The van der Waals surface area contributed by atoms with E-state index in [1.807, 2.05) is 37.4 Å². The van der Waals surface area contributed by atoms with Crippen LogP contribution in [0.15, 0.2) is 48.9 Å². The van der Waals surface area contributed by atoms with Crippen molar-refractivity contribution >= 4 is 28.3 Å². The molecule has 10 nitrogen and oxygen atoms in total. The number of nitrogens with zero attached hydrogens (tertiary/aromatic N) is 4. The normalized spacial score (nSPS) is 22.0. The SMILES string of the molecule is Cn1cc(NC(=O)c2cc3ccc(-c4nccc(NC5CCC6NNCC6C5)n4)cc3[nH]2)cn1. The van der Waals surface area contributed by atoms with E-state index < -0.39 is 0 Å². The second-order valence-corrected chi connectivity index (χ2v) is 9.15. The van der Waals surface area contributed by atoms with Crippen molar-refractivity contribution in [3.05, 3.63) is 54.6 Å². The molecule has 1 aromatic carbocycles. The van der Waals surface area contributed by atoms with Crippen molar-refractivity contribution < 1.29 is 4.79 Å². The Bertz CT molecular complexity index is 1340. The molecular formula is C24H27N9O. The van der Waals surface area contributed by atoms with Crippen LogP contribution in [-0.2, 0) is 7.05 Å². The van der Waals surface area contributed by atoms with E-state index in [0.29, 0.717) is 35.2 Å². The van der Waals surface area contributed by atoms with Crippen molar-refractivity contribution in [3.8, 4) is 11.4 Å². The van der Waals surface area contributed by atoms with Gasteiger partial charge in [-0.3, -0.25) is 20.3 Å². The molecule has 3 unspecified atom stereocenters. The fraction of sp³-hybridized carbons (Fsp3) is 0.333. The molecule has 4 aromatic rings. The minimum absolute atomic E-state index is 0.212. The summed E-state index contributed by atoms with van der Waals surface area (Å²) in [5.41, 5.74) is 9.54. The molecule has 1 saturated carbocycles. The van der Waals surface area contributed by atoms with Crippen LogP contribution in [-0.4, -0.2) is 49.3 Å². The van der Waals surface area contributed by atoms with Crippen LogP contribution < -0.4 is 21.5 Å². The molecule has 174 valence electrons. The van der Waals surface area contributed by atoms with Crippen molar-refractivity contribution in [2.75, 3.05) is 17.2 Å². The zero-order valence-electron chi connectivity index (χ0n) is 18.9. The van der Waals surface area contributed by atoms with Crippen LogP contribution in [0.5, 0.6) is 0 Å². The van der Waals surface area contributed by atoms with E-state index in [2.05, 4.69) is 36.6 Å². The molecule has 6 rings (SSSR count). The molecule has 1 aliphatic heterocycles. The highest BCUT2D eigenvalue weighted by Gasteiger charge is 2.33. The first-order valence-corrected chi connectivity index (χ1v) is 11.6. The Kier molecular flexibility index (Phi) is 5.23. The fourth-order valence-corrected chi connectivity index (χ4v) is 4.99. The number of aryl methyl sites for hydroxylation is 1. The van der Waals surface area contributed by atoms with Gasteiger partial charge in [-0.15, -0.1) is 0 Å². The summed E-state index contributed by atoms with van der Waals surface area (Å²) in [6.45, 7) is 1.02. The first kappa shape index (κ1) is 20.8. The first-order chi connectivity index (χ1) is 16.6. The largest absolute Gasteiger partial charge is 0.367 e. The third-order valence-electron chi connectivity index (χ3n) is 6.73. The maximum atomic E-state index is 12.6. The van der Waals surface area contributed by atoms with Gasteiger partial charge in [0, 0.05) is 54.5 Å². The number of carbonyl (C=O) groups is 1. The molecule has 34 heavy (non-hydrogen) atoms. The Hall–Kier alpha value is -3.76. The van der Waals surface area contributed by atoms with Crippen molar-refractivity contribution in [2.45, 2.75) is 31.3 Å². The highest BCUT2D eigenvalue weighted by Crippen LogP contribution is 2.29. The zero-order chi connectivity index (χ0) is 23.1. The van der Waals surface area contributed by atoms with E-state index >= 15 is 0 Å². The molecule has 1 amide bonds. The monoisotopic (exact) mass is 457 g/mol. The summed E-state index contributed by atoms with van der Waals surface area (Å²) in [5, 5.41) is 11.5. The Labute approximate surface area is 196 Å². The second-order valence-electron chi connectivity index (χ2n) is 9.15. The van der Waals surface area contributed by atoms with Crippen LogP contribution in [0.1, 0.15) is 29.8 Å². The maximum Gasteiger partial charge on any atom is 0.272 e. The number of hydrogen-bond donors (Lipinski definition) is 5. The van der Waals surface area contributed by atoms with Crippen molar-refractivity contribution in [1.82, 2.24) is 35.6 Å². The third kappa shape index (κ3) is 4.13. The summed E-state index contributed by atoms with van der Waals surface area (Å²) >= 11 is 0. The van der Waals surface area contributed by atoms with Gasteiger partial charge in [0.25, 0.3) is 5.91 Å². The predicted molar refractivity (Wildman–Crippen MR) is 130 cm³/mol. The molecule has 10 heteroatoms. The van der Waals surface area contributed by atoms with Gasteiger partial charge in [0.2, 0.25) is 0 Å². The molecule has 2 fully saturated rings. The average Bonchev–Trinajstić information content (AvgIpc) is 3.58. The van der Waals surface area contributed by atoms with Gasteiger partial charge in [-0.2, -0.15) is 5.10 Å². The van der Waals surface area contributed by atoms with E-state index in [1.165, 1.54) is 0 Å². The number of aromatic amines is 1. The number of hydrazine groups is 1. The summed E-state index contributed by atoms with van der Waals surface area (Å²) in [5.74, 6) is 1.94. The third-order valence-corrected chi connectivity index (χ3v) is 6.73. The maximum absolute atomic E-state index is 12.6. The van der Waals surface area contributed by atoms with E-state index in [9.17, 15) is 4.79 Å². The van der Waals surface area contributed by atoms with E-state index in [-0.39, 0.29) is 5.91 Å².